The van der Waals surface area contributed by atoms with Crippen molar-refractivity contribution < 1.29 is 14.6 Å². The number of fused-ring (bicyclic) bond motifs is 5. The molecule has 0 unspecified atom stereocenters. The Morgan fingerprint density at radius 3 is 2.85 bits per heavy atom. The van der Waals surface area contributed by atoms with E-state index in [4.69, 9.17) is 11.2 Å². The molecule has 0 saturated heterocycles. The molecule has 4 aliphatic rings. The number of hydrogen-bond donors (Lipinski definition) is 1. The number of hydrogen-bond acceptors (Lipinski definition) is 3. The highest BCUT2D eigenvalue weighted by atomic mass is 16.5. The van der Waals surface area contributed by atoms with Crippen LogP contribution < -0.4 is 0 Å². The van der Waals surface area contributed by atoms with Crippen molar-refractivity contribution in [1.29, 1.82) is 0 Å². The van der Waals surface area contributed by atoms with Crippen molar-refractivity contribution in [3.05, 3.63) is 11.6 Å². The van der Waals surface area contributed by atoms with Gasteiger partial charge in [-0.15, -0.1) is 6.42 Å². The molecule has 3 heteroatoms. The number of rotatable bonds is 2. The number of aliphatic hydroxyl groups excluding tert-OH is 1. The molecule has 3 fully saturated rings. The molecule has 0 heterocycles. The lowest BCUT2D eigenvalue weighted by atomic mass is 9.47. The molecule has 0 spiro atoms. The third kappa shape index (κ3) is 2.56. The standard InChI is InChI=1S/C23H32O3/c1-4-13-26-21(25)20-8-7-18-17-6-5-15-14-16(24)9-11-22(15,2)19(17)10-12-23(18,20)3/h1,5,16-20,24H,6-14H2,2-3H3/t16-,17-,18-,19-,20+,22-,23-/m0/s1. The summed E-state index contributed by atoms with van der Waals surface area (Å²) in [6.45, 7) is 4.86. The minimum absolute atomic E-state index is 0.00756. The van der Waals surface area contributed by atoms with Gasteiger partial charge in [-0.1, -0.05) is 31.4 Å². The summed E-state index contributed by atoms with van der Waals surface area (Å²) in [4.78, 5) is 12.6. The van der Waals surface area contributed by atoms with Gasteiger partial charge in [0.05, 0.1) is 12.0 Å². The summed E-state index contributed by atoms with van der Waals surface area (Å²) in [5.41, 5.74) is 1.82. The van der Waals surface area contributed by atoms with E-state index in [2.05, 4.69) is 25.8 Å². The number of terminal acetylenes is 1. The first-order chi connectivity index (χ1) is 12.4. The summed E-state index contributed by atoms with van der Waals surface area (Å²) >= 11 is 0. The molecule has 3 nitrogen and oxygen atoms in total. The third-order valence-electron chi connectivity index (χ3n) is 8.66. The van der Waals surface area contributed by atoms with Crippen LogP contribution in [0.1, 0.15) is 65.2 Å². The number of carbonyl (C=O) groups is 1. The summed E-state index contributed by atoms with van der Waals surface area (Å²) in [5, 5.41) is 10.1. The van der Waals surface area contributed by atoms with Crippen molar-refractivity contribution in [3.8, 4) is 12.3 Å². The van der Waals surface area contributed by atoms with Crippen molar-refractivity contribution in [3.63, 3.8) is 0 Å². The molecular formula is C23H32O3. The molecule has 0 amide bonds. The molecule has 0 aromatic rings. The first kappa shape index (κ1) is 18.1. The second-order valence-electron chi connectivity index (χ2n) is 9.64. The lowest BCUT2D eigenvalue weighted by Crippen LogP contribution is -2.51. The van der Waals surface area contributed by atoms with Crippen LogP contribution in [-0.2, 0) is 9.53 Å². The lowest BCUT2D eigenvalue weighted by Gasteiger charge is -2.57. The van der Waals surface area contributed by atoms with Crippen LogP contribution in [0.3, 0.4) is 0 Å². The largest absolute Gasteiger partial charge is 0.452 e. The van der Waals surface area contributed by atoms with E-state index in [1.54, 1.807) is 0 Å². The van der Waals surface area contributed by atoms with E-state index in [-0.39, 0.29) is 35.4 Å². The molecule has 4 rings (SSSR count). The van der Waals surface area contributed by atoms with Crippen LogP contribution in [0.5, 0.6) is 0 Å². The highest BCUT2D eigenvalue weighted by Gasteiger charge is 2.60. The van der Waals surface area contributed by atoms with Gasteiger partial charge in [0.2, 0.25) is 0 Å². The summed E-state index contributed by atoms with van der Waals surface area (Å²) < 4.78 is 5.33. The number of carbonyl (C=O) groups excluding carboxylic acids is 1. The topological polar surface area (TPSA) is 46.5 Å². The second-order valence-corrected chi connectivity index (χ2v) is 9.64. The fourth-order valence-electron chi connectivity index (χ4n) is 7.24. The Morgan fingerprint density at radius 1 is 1.27 bits per heavy atom. The molecule has 7 atom stereocenters. The Labute approximate surface area is 157 Å². The second kappa shape index (κ2) is 6.41. The highest BCUT2D eigenvalue weighted by molar-refractivity contribution is 5.74. The van der Waals surface area contributed by atoms with Crippen LogP contribution >= 0.6 is 0 Å². The maximum absolute atomic E-state index is 12.6. The minimum atomic E-state index is -0.151. The molecule has 1 N–H and O–H groups in total. The third-order valence-corrected chi connectivity index (χ3v) is 8.66. The number of allylic oxidation sites excluding steroid dienone is 1. The van der Waals surface area contributed by atoms with E-state index in [0.29, 0.717) is 17.8 Å². The van der Waals surface area contributed by atoms with Crippen molar-refractivity contribution in [1.82, 2.24) is 0 Å². The fourth-order valence-corrected chi connectivity index (χ4v) is 7.24. The van der Waals surface area contributed by atoms with Crippen molar-refractivity contribution in [2.75, 3.05) is 6.61 Å². The molecule has 26 heavy (non-hydrogen) atoms. The van der Waals surface area contributed by atoms with E-state index in [9.17, 15) is 9.90 Å². The van der Waals surface area contributed by atoms with Gasteiger partial charge in [-0.05, 0) is 80.0 Å². The average molecular weight is 357 g/mol. The smallest absolute Gasteiger partial charge is 0.310 e. The van der Waals surface area contributed by atoms with Gasteiger partial charge in [0, 0.05) is 0 Å². The maximum atomic E-state index is 12.6. The maximum Gasteiger partial charge on any atom is 0.310 e. The Bertz CT molecular complexity index is 659. The van der Waals surface area contributed by atoms with Gasteiger partial charge in [0.25, 0.3) is 0 Å². The zero-order chi connectivity index (χ0) is 18.5. The lowest BCUT2D eigenvalue weighted by molar-refractivity contribution is -0.154. The first-order valence-electron chi connectivity index (χ1n) is 10.4. The molecule has 142 valence electrons. The number of ether oxygens (including phenoxy) is 1. The van der Waals surface area contributed by atoms with Gasteiger partial charge in [-0.25, -0.2) is 0 Å². The van der Waals surface area contributed by atoms with Gasteiger partial charge in [0.1, 0.15) is 0 Å². The Morgan fingerprint density at radius 2 is 2.08 bits per heavy atom. The Kier molecular flexibility index (Phi) is 4.47. The molecule has 0 aliphatic heterocycles. The fraction of sp³-hybridized carbons (Fsp3) is 0.783. The first-order valence-corrected chi connectivity index (χ1v) is 10.4. The SMILES string of the molecule is C#CCOC(=O)[C@H]1CC[C@H]2[C@@H]3CC=C4C[C@@H](O)CC[C@]4(C)[C@H]3CC[C@]12C. The van der Waals surface area contributed by atoms with Crippen LogP contribution in [0.2, 0.25) is 0 Å². The van der Waals surface area contributed by atoms with Crippen molar-refractivity contribution in [2.24, 2.45) is 34.5 Å². The molecular weight excluding hydrogens is 324 g/mol. The predicted molar refractivity (Wildman–Crippen MR) is 101 cm³/mol. The monoisotopic (exact) mass is 356 g/mol. The Balaban J connectivity index is 1.58. The van der Waals surface area contributed by atoms with Gasteiger partial charge in [0.15, 0.2) is 6.61 Å². The van der Waals surface area contributed by atoms with Crippen LogP contribution in [-0.4, -0.2) is 23.8 Å². The summed E-state index contributed by atoms with van der Waals surface area (Å²) in [6, 6.07) is 0. The van der Waals surface area contributed by atoms with Crippen LogP contribution in [0.4, 0.5) is 0 Å². The van der Waals surface area contributed by atoms with Crippen LogP contribution in [0.15, 0.2) is 11.6 Å². The van der Waals surface area contributed by atoms with Gasteiger partial charge in [-0.2, -0.15) is 0 Å². The van der Waals surface area contributed by atoms with Crippen LogP contribution in [0.25, 0.3) is 0 Å². The molecule has 0 aromatic heterocycles. The van der Waals surface area contributed by atoms with Crippen molar-refractivity contribution in [2.45, 2.75) is 71.3 Å². The van der Waals surface area contributed by atoms with Gasteiger partial charge < -0.3 is 9.84 Å². The minimum Gasteiger partial charge on any atom is -0.452 e. The zero-order valence-electron chi connectivity index (χ0n) is 16.2. The summed E-state index contributed by atoms with van der Waals surface area (Å²) in [6.07, 6.45) is 16.0. The van der Waals surface area contributed by atoms with E-state index in [1.165, 1.54) is 12.0 Å². The van der Waals surface area contributed by atoms with E-state index >= 15 is 0 Å². The molecule has 0 bridgehead atoms. The van der Waals surface area contributed by atoms with Gasteiger partial charge >= 0.3 is 5.97 Å². The van der Waals surface area contributed by atoms with Crippen LogP contribution in [0, 0.1) is 46.8 Å². The molecule has 0 aromatic carbocycles. The normalized spacial score (nSPS) is 47.0. The van der Waals surface area contributed by atoms with Gasteiger partial charge in [-0.3, -0.25) is 4.79 Å². The van der Waals surface area contributed by atoms with E-state index in [1.807, 2.05) is 0 Å². The molecule has 3 saturated carbocycles. The average Bonchev–Trinajstić information content (AvgIpc) is 2.97. The molecule has 0 radical (unpaired) electrons. The predicted octanol–water partition coefficient (Wildman–Crippen LogP) is 4.10. The summed E-state index contributed by atoms with van der Waals surface area (Å²) in [5.74, 6) is 4.32. The van der Waals surface area contributed by atoms with Crippen molar-refractivity contribution >= 4 is 5.97 Å². The number of esters is 1. The quantitative estimate of drug-likeness (QED) is 0.460. The molecule has 4 aliphatic carbocycles. The highest BCUT2D eigenvalue weighted by Crippen LogP contribution is 2.66. The Hall–Kier alpha value is -1.27. The van der Waals surface area contributed by atoms with E-state index < -0.39 is 0 Å². The summed E-state index contributed by atoms with van der Waals surface area (Å²) in [7, 11) is 0. The zero-order valence-corrected chi connectivity index (χ0v) is 16.2. The number of aliphatic hydroxyl groups is 1. The van der Waals surface area contributed by atoms with E-state index in [0.717, 1.165) is 44.9 Å².